The van der Waals surface area contributed by atoms with Crippen molar-refractivity contribution in [1.29, 1.82) is 0 Å². The van der Waals surface area contributed by atoms with Crippen molar-refractivity contribution in [3.63, 3.8) is 0 Å². The molecule has 0 bridgehead atoms. The first kappa shape index (κ1) is 17.1. The number of hydrogen-bond donors (Lipinski definition) is 1. The molecule has 0 aliphatic carbocycles. The molecular weight excluding hydrogens is 322 g/mol. The van der Waals surface area contributed by atoms with Crippen molar-refractivity contribution in [3.05, 3.63) is 36.4 Å². The van der Waals surface area contributed by atoms with Crippen LogP contribution in [0.5, 0.6) is 0 Å². The fourth-order valence-electron chi connectivity index (χ4n) is 3.21. The molecule has 134 valence electrons. The fourth-order valence-corrected chi connectivity index (χ4v) is 3.21. The third-order valence-corrected chi connectivity index (χ3v) is 4.64. The van der Waals surface area contributed by atoms with Gasteiger partial charge in [-0.05, 0) is 25.0 Å². The zero-order chi connectivity index (χ0) is 18.0. The quantitative estimate of drug-likeness (QED) is 0.900. The fraction of sp³-hybridized carbons (Fsp3) is 0.471. The molecule has 1 aliphatic heterocycles. The van der Waals surface area contributed by atoms with Gasteiger partial charge in [0.15, 0.2) is 5.76 Å². The van der Waals surface area contributed by atoms with E-state index < -0.39 is 5.54 Å². The van der Waals surface area contributed by atoms with Gasteiger partial charge < -0.3 is 19.5 Å². The number of carbonyl (C=O) groups is 2. The minimum Gasteiger partial charge on any atom is -0.459 e. The molecule has 1 aliphatic rings. The summed E-state index contributed by atoms with van der Waals surface area (Å²) >= 11 is 0. The van der Waals surface area contributed by atoms with Crippen LogP contribution in [0.1, 0.15) is 23.4 Å². The van der Waals surface area contributed by atoms with Gasteiger partial charge in [-0.3, -0.25) is 14.3 Å². The largest absolute Gasteiger partial charge is 0.459 e. The Bertz CT molecular complexity index is 742. The van der Waals surface area contributed by atoms with Crippen molar-refractivity contribution < 1.29 is 14.0 Å². The number of piperidine rings is 1. The van der Waals surface area contributed by atoms with Gasteiger partial charge in [0, 0.05) is 40.3 Å². The number of amides is 2. The molecule has 1 N–H and O–H groups in total. The average Bonchev–Trinajstić information content (AvgIpc) is 3.26. The molecule has 0 atom stereocenters. The summed E-state index contributed by atoms with van der Waals surface area (Å²) < 4.78 is 6.89. The van der Waals surface area contributed by atoms with E-state index in [1.165, 1.54) is 6.26 Å². The summed E-state index contributed by atoms with van der Waals surface area (Å²) in [4.78, 5) is 28.6. The van der Waals surface area contributed by atoms with Gasteiger partial charge in [0.05, 0.1) is 12.5 Å². The maximum absolute atomic E-state index is 12.9. The lowest BCUT2D eigenvalue weighted by Gasteiger charge is -2.42. The number of rotatable bonds is 4. The maximum atomic E-state index is 12.9. The third kappa shape index (κ3) is 3.24. The molecule has 8 heteroatoms. The first-order chi connectivity index (χ1) is 11.9. The standard InChI is InChI=1S/C17H23N5O3/c1-20(2)16(24)17(19-14-6-9-18-21(14)3)7-10-22(11-8-17)15(23)13-5-4-12-25-13/h4-6,9,12,19H,7-8,10-11H2,1-3H3. The highest BCUT2D eigenvalue weighted by molar-refractivity contribution is 5.93. The van der Waals surface area contributed by atoms with Crippen LogP contribution < -0.4 is 5.32 Å². The Morgan fingerprint density at radius 2 is 2.00 bits per heavy atom. The van der Waals surface area contributed by atoms with E-state index in [4.69, 9.17) is 4.42 Å². The van der Waals surface area contributed by atoms with Crippen LogP contribution in [0.3, 0.4) is 0 Å². The molecule has 0 saturated carbocycles. The van der Waals surface area contributed by atoms with E-state index in [0.29, 0.717) is 31.7 Å². The molecular formula is C17H23N5O3. The Morgan fingerprint density at radius 3 is 2.52 bits per heavy atom. The summed E-state index contributed by atoms with van der Waals surface area (Å²) in [5.74, 6) is 0.960. The average molecular weight is 345 g/mol. The molecule has 25 heavy (non-hydrogen) atoms. The van der Waals surface area contributed by atoms with E-state index in [-0.39, 0.29) is 11.8 Å². The molecule has 3 rings (SSSR count). The van der Waals surface area contributed by atoms with Crippen molar-refractivity contribution in [2.75, 3.05) is 32.5 Å². The molecule has 1 saturated heterocycles. The lowest BCUT2D eigenvalue weighted by molar-refractivity contribution is -0.135. The van der Waals surface area contributed by atoms with Gasteiger partial charge in [0.1, 0.15) is 11.4 Å². The number of anilines is 1. The Kier molecular flexibility index (Phi) is 4.52. The zero-order valence-corrected chi connectivity index (χ0v) is 14.7. The van der Waals surface area contributed by atoms with Crippen molar-refractivity contribution in [1.82, 2.24) is 19.6 Å². The third-order valence-electron chi connectivity index (χ3n) is 4.64. The van der Waals surface area contributed by atoms with E-state index >= 15 is 0 Å². The molecule has 0 radical (unpaired) electrons. The highest BCUT2D eigenvalue weighted by Gasteiger charge is 2.44. The minimum atomic E-state index is -0.753. The van der Waals surface area contributed by atoms with Crippen molar-refractivity contribution >= 4 is 17.6 Å². The van der Waals surface area contributed by atoms with Crippen LogP contribution in [0.25, 0.3) is 0 Å². The number of likely N-dealkylation sites (tertiary alicyclic amines) is 1. The lowest BCUT2D eigenvalue weighted by Crippen LogP contribution is -2.58. The first-order valence-electron chi connectivity index (χ1n) is 8.24. The van der Waals surface area contributed by atoms with Crippen LogP contribution >= 0.6 is 0 Å². The second kappa shape index (κ2) is 6.62. The van der Waals surface area contributed by atoms with Crippen LogP contribution in [0.15, 0.2) is 35.1 Å². The highest BCUT2D eigenvalue weighted by atomic mass is 16.3. The number of furan rings is 1. The molecule has 8 nitrogen and oxygen atoms in total. The number of likely N-dealkylation sites (N-methyl/N-ethyl adjacent to an activating group) is 1. The molecule has 0 spiro atoms. The molecule has 3 heterocycles. The monoisotopic (exact) mass is 345 g/mol. The van der Waals surface area contributed by atoms with E-state index in [0.717, 1.165) is 5.82 Å². The van der Waals surface area contributed by atoms with Gasteiger partial charge in [-0.25, -0.2) is 0 Å². The molecule has 2 aromatic rings. The van der Waals surface area contributed by atoms with Gasteiger partial charge >= 0.3 is 0 Å². The van der Waals surface area contributed by atoms with Crippen LogP contribution in [-0.4, -0.2) is 64.1 Å². The Labute approximate surface area is 146 Å². The second-order valence-electron chi connectivity index (χ2n) is 6.52. The number of aryl methyl sites for hydroxylation is 1. The predicted molar refractivity (Wildman–Crippen MR) is 92.1 cm³/mol. The Hall–Kier alpha value is -2.77. The van der Waals surface area contributed by atoms with Gasteiger partial charge in [-0.15, -0.1) is 0 Å². The van der Waals surface area contributed by atoms with E-state index in [1.807, 2.05) is 13.1 Å². The Morgan fingerprint density at radius 1 is 1.28 bits per heavy atom. The van der Waals surface area contributed by atoms with Gasteiger partial charge in [0.25, 0.3) is 5.91 Å². The van der Waals surface area contributed by atoms with Crippen LogP contribution in [-0.2, 0) is 11.8 Å². The zero-order valence-electron chi connectivity index (χ0n) is 14.7. The predicted octanol–water partition coefficient (Wildman–Crippen LogP) is 1.19. The summed E-state index contributed by atoms with van der Waals surface area (Å²) in [5.41, 5.74) is -0.753. The lowest BCUT2D eigenvalue weighted by atomic mass is 9.85. The van der Waals surface area contributed by atoms with Crippen molar-refractivity contribution in [2.45, 2.75) is 18.4 Å². The smallest absolute Gasteiger partial charge is 0.289 e. The number of carbonyl (C=O) groups excluding carboxylic acids is 2. The topological polar surface area (TPSA) is 83.6 Å². The van der Waals surface area contributed by atoms with Crippen LogP contribution in [0.2, 0.25) is 0 Å². The number of hydrogen-bond acceptors (Lipinski definition) is 5. The summed E-state index contributed by atoms with van der Waals surface area (Å²) in [7, 11) is 5.32. The van der Waals surface area contributed by atoms with Crippen LogP contribution in [0, 0.1) is 0 Å². The summed E-state index contributed by atoms with van der Waals surface area (Å²) in [5, 5.41) is 7.51. The van der Waals surface area contributed by atoms with E-state index in [9.17, 15) is 9.59 Å². The van der Waals surface area contributed by atoms with Gasteiger partial charge in [-0.2, -0.15) is 5.10 Å². The SMILES string of the molecule is CN(C)C(=O)C1(Nc2ccnn2C)CCN(C(=O)c2ccco2)CC1. The highest BCUT2D eigenvalue weighted by Crippen LogP contribution is 2.29. The van der Waals surface area contributed by atoms with Crippen molar-refractivity contribution in [3.8, 4) is 0 Å². The van der Waals surface area contributed by atoms with Gasteiger partial charge in [-0.1, -0.05) is 0 Å². The number of aromatic nitrogens is 2. The molecule has 2 aromatic heterocycles. The summed E-state index contributed by atoms with van der Waals surface area (Å²) in [6, 6.07) is 5.19. The van der Waals surface area contributed by atoms with E-state index in [2.05, 4.69) is 10.4 Å². The Balaban J connectivity index is 1.78. The maximum Gasteiger partial charge on any atom is 0.289 e. The summed E-state index contributed by atoms with van der Waals surface area (Å²) in [6.07, 6.45) is 4.20. The first-order valence-corrected chi connectivity index (χ1v) is 8.24. The molecule has 1 fully saturated rings. The molecule has 2 amide bonds. The summed E-state index contributed by atoms with van der Waals surface area (Å²) in [6.45, 7) is 0.952. The van der Waals surface area contributed by atoms with E-state index in [1.54, 1.807) is 46.9 Å². The second-order valence-corrected chi connectivity index (χ2v) is 6.52. The minimum absolute atomic E-state index is 0.00111. The normalized spacial score (nSPS) is 16.5. The van der Waals surface area contributed by atoms with Crippen LogP contribution in [0.4, 0.5) is 5.82 Å². The molecule has 0 unspecified atom stereocenters. The van der Waals surface area contributed by atoms with Crippen molar-refractivity contribution in [2.24, 2.45) is 7.05 Å². The molecule has 0 aromatic carbocycles. The number of nitrogens with zero attached hydrogens (tertiary/aromatic N) is 4. The number of nitrogens with one attached hydrogen (secondary N) is 1. The van der Waals surface area contributed by atoms with Gasteiger partial charge in [0.2, 0.25) is 5.91 Å².